The summed E-state index contributed by atoms with van der Waals surface area (Å²) in [4.78, 5) is 17.0. The van der Waals surface area contributed by atoms with E-state index in [2.05, 4.69) is 9.88 Å². The molecule has 1 aromatic heterocycles. The van der Waals surface area contributed by atoms with Gasteiger partial charge in [-0.2, -0.15) is 0 Å². The van der Waals surface area contributed by atoms with Gasteiger partial charge in [0.05, 0.1) is 11.1 Å². The molecular weight excluding hydrogens is 467 g/mol. The van der Waals surface area contributed by atoms with Gasteiger partial charge in [0.2, 0.25) is 0 Å². The first-order valence-corrected chi connectivity index (χ1v) is 11.4. The Hall–Kier alpha value is -2.71. The van der Waals surface area contributed by atoms with E-state index < -0.39 is 23.4 Å². The summed E-state index contributed by atoms with van der Waals surface area (Å²) in [6.45, 7) is 1.12. The summed E-state index contributed by atoms with van der Waals surface area (Å²) in [5.74, 6) is -1.95. The number of primary amides is 1. The highest BCUT2D eigenvalue weighted by Crippen LogP contribution is 2.35. The summed E-state index contributed by atoms with van der Waals surface area (Å²) in [6, 6.07) is 5.27. The van der Waals surface area contributed by atoms with Gasteiger partial charge >= 0.3 is 0 Å². The molecular formula is C25H27ClF3N3O2. The molecule has 0 spiro atoms. The average Bonchev–Trinajstić information content (AvgIpc) is 3.14. The normalized spacial score (nSPS) is 17.7. The van der Waals surface area contributed by atoms with Crippen molar-refractivity contribution in [3.05, 3.63) is 64.6 Å². The van der Waals surface area contributed by atoms with Gasteiger partial charge in [-0.15, -0.1) is 12.4 Å². The van der Waals surface area contributed by atoms with E-state index in [-0.39, 0.29) is 29.8 Å². The minimum Gasteiger partial charge on any atom is -0.491 e. The summed E-state index contributed by atoms with van der Waals surface area (Å²) in [7, 11) is 0. The van der Waals surface area contributed by atoms with Crippen molar-refractivity contribution in [3.8, 4) is 5.75 Å². The second-order valence-corrected chi connectivity index (χ2v) is 8.99. The lowest BCUT2D eigenvalue weighted by molar-refractivity contribution is 0.0425. The van der Waals surface area contributed by atoms with Gasteiger partial charge in [0.25, 0.3) is 5.91 Å². The predicted octanol–water partition coefficient (Wildman–Crippen LogP) is 4.90. The first kappa shape index (κ1) is 24.4. The highest BCUT2D eigenvalue weighted by molar-refractivity contribution is 5.96. The van der Waals surface area contributed by atoms with Gasteiger partial charge in [-0.1, -0.05) is 6.42 Å². The number of ether oxygens (including phenoxy) is 1. The minimum absolute atomic E-state index is 0. The number of hydrogen-bond acceptors (Lipinski definition) is 3. The standard InChI is InChI=1S/C25H26F3N3O2.ClH/c26-15-9-19-14(12-30-23(19)22(28)10-15)3-2-8-31(16-4-1-5-16)17-11-20-21(27)7-6-18(25(29)32)24(20)33-13-17;/h6-7,9-10,12,16-17,30H,1-5,8,11,13H2,(H2,29,32);1H. The van der Waals surface area contributed by atoms with E-state index in [9.17, 15) is 18.0 Å². The summed E-state index contributed by atoms with van der Waals surface area (Å²) in [5, 5.41) is 0.568. The second-order valence-electron chi connectivity index (χ2n) is 8.99. The number of nitrogens with two attached hydrogens (primary N) is 1. The fourth-order valence-electron chi connectivity index (χ4n) is 5.09. The van der Waals surface area contributed by atoms with Crippen LogP contribution in [0.25, 0.3) is 10.9 Å². The van der Waals surface area contributed by atoms with Crippen LogP contribution in [0.3, 0.4) is 0 Å². The molecule has 1 amide bonds. The lowest BCUT2D eigenvalue weighted by Crippen LogP contribution is -2.51. The summed E-state index contributed by atoms with van der Waals surface area (Å²) >= 11 is 0. The fourth-order valence-corrected chi connectivity index (χ4v) is 5.09. The van der Waals surface area contributed by atoms with Gasteiger partial charge in [0, 0.05) is 35.3 Å². The van der Waals surface area contributed by atoms with Crippen LogP contribution >= 0.6 is 12.4 Å². The molecule has 2 aliphatic rings. The van der Waals surface area contributed by atoms with Crippen LogP contribution in [0, 0.1) is 17.5 Å². The molecule has 3 aromatic rings. The van der Waals surface area contributed by atoms with Crippen LogP contribution in [-0.2, 0) is 12.8 Å². The molecule has 5 nitrogen and oxygen atoms in total. The Morgan fingerprint density at radius 3 is 2.65 bits per heavy atom. The lowest BCUT2D eigenvalue weighted by Gasteiger charge is -2.44. The molecule has 1 saturated carbocycles. The molecule has 1 aliphatic carbocycles. The number of benzene rings is 2. The van der Waals surface area contributed by atoms with E-state index in [0.717, 1.165) is 43.9 Å². The molecule has 5 rings (SSSR count). The third-order valence-corrected chi connectivity index (χ3v) is 7.00. The Bertz CT molecular complexity index is 1210. The quantitative estimate of drug-likeness (QED) is 0.492. The van der Waals surface area contributed by atoms with Crippen molar-refractivity contribution in [2.75, 3.05) is 13.2 Å². The monoisotopic (exact) mass is 493 g/mol. The second kappa shape index (κ2) is 9.88. The Morgan fingerprint density at radius 2 is 1.94 bits per heavy atom. The molecule has 0 radical (unpaired) electrons. The number of rotatable bonds is 7. The molecule has 0 bridgehead atoms. The van der Waals surface area contributed by atoms with E-state index in [1.165, 1.54) is 18.2 Å². The molecule has 34 heavy (non-hydrogen) atoms. The Kier molecular flexibility index (Phi) is 7.09. The number of fused-ring (bicyclic) bond motifs is 2. The Morgan fingerprint density at radius 1 is 1.15 bits per heavy atom. The molecule has 1 aliphatic heterocycles. The Balaban J connectivity index is 0.00000274. The molecule has 1 atom stereocenters. The third kappa shape index (κ3) is 4.49. The van der Waals surface area contributed by atoms with Crippen molar-refractivity contribution in [2.24, 2.45) is 5.73 Å². The van der Waals surface area contributed by atoms with E-state index >= 15 is 0 Å². The predicted molar refractivity (Wildman–Crippen MR) is 126 cm³/mol. The molecule has 9 heteroatoms. The maximum Gasteiger partial charge on any atom is 0.252 e. The SMILES string of the molecule is Cl.NC(=O)c1ccc(F)c2c1OCC(N(CCCc1c[nH]c3c(F)cc(F)cc13)C1CCC1)C2. The average molecular weight is 494 g/mol. The summed E-state index contributed by atoms with van der Waals surface area (Å²) < 4.78 is 48.2. The molecule has 1 fully saturated rings. The minimum atomic E-state index is -0.632. The van der Waals surface area contributed by atoms with Crippen molar-refractivity contribution >= 4 is 29.2 Å². The molecule has 3 N–H and O–H groups in total. The number of aromatic amines is 1. The van der Waals surface area contributed by atoms with Crippen molar-refractivity contribution in [2.45, 2.75) is 50.6 Å². The molecule has 2 aromatic carbocycles. The highest BCUT2D eigenvalue weighted by atomic mass is 35.5. The topological polar surface area (TPSA) is 71.4 Å². The van der Waals surface area contributed by atoms with Crippen molar-refractivity contribution in [1.82, 2.24) is 9.88 Å². The Labute approximate surface area is 201 Å². The van der Waals surface area contributed by atoms with Crippen LogP contribution < -0.4 is 10.5 Å². The maximum atomic E-state index is 14.6. The zero-order valence-electron chi connectivity index (χ0n) is 18.6. The fraction of sp³-hybridized carbons (Fsp3) is 0.400. The molecule has 0 saturated heterocycles. The molecule has 182 valence electrons. The first-order valence-electron chi connectivity index (χ1n) is 11.4. The van der Waals surface area contributed by atoms with Crippen LogP contribution in [0.1, 0.15) is 47.2 Å². The molecule has 1 unspecified atom stereocenters. The largest absolute Gasteiger partial charge is 0.491 e. The van der Waals surface area contributed by atoms with E-state index in [0.29, 0.717) is 42.0 Å². The number of amides is 1. The molecule has 2 heterocycles. The smallest absolute Gasteiger partial charge is 0.252 e. The highest BCUT2D eigenvalue weighted by Gasteiger charge is 2.35. The summed E-state index contributed by atoms with van der Waals surface area (Å²) in [5.41, 5.74) is 7.23. The van der Waals surface area contributed by atoms with Crippen LogP contribution in [0.4, 0.5) is 13.2 Å². The van der Waals surface area contributed by atoms with Crippen molar-refractivity contribution in [1.29, 1.82) is 0 Å². The van der Waals surface area contributed by atoms with E-state index in [1.54, 1.807) is 6.20 Å². The van der Waals surface area contributed by atoms with Gasteiger partial charge in [-0.05, 0) is 62.4 Å². The van der Waals surface area contributed by atoms with Gasteiger partial charge in [-0.3, -0.25) is 9.69 Å². The van der Waals surface area contributed by atoms with E-state index in [4.69, 9.17) is 10.5 Å². The number of aryl methyl sites for hydroxylation is 1. The van der Waals surface area contributed by atoms with E-state index in [1.807, 2.05) is 0 Å². The number of carbonyl (C=O) groups is 1. The number of nitrogens with zero attached hydrogens (tertiary/aromatic N) is 1. The lowest BCUT2D eigenvalue weighted by atomic mass is 9.88. The number of H-pyrrole nitrogens is 1. The zero-order valence-corrected chi connectivity index (χ0v) is 19.4. The number of carbonyl (C=O) groups excluding carboxylic acids is 1. The van der Waals surface area contributed by atoms with Gasteiger partial charge in [-0.25, -0.2) is 13.2 Å². The number of halogens is 4. The summed E-state index contributed by atoms with van der Waals surface area (Å²) in [6.07, 6.45) is 6.95. The number of hydrogen-bond donors (Lipinski definition) is 2. The zero-order chi connectivity index (χ0) is 23.1. The maximum absolute atomic E-state index is 14.6. The number of aromatic nitrogens is 1. The third-order valence-electron chi connectivity index (χ3n) is 7.00. The first-order chi connectivity index (χ1) is 15.9. The van der Waals surface area contributed by atoms with Crippen LogP contribution in [0.5, 0.6) is 5.75 Å². The number of nitrogens with one attached hydrogen (secondary N) is 1. The van der Waals surface area contributed by atoms with Gasteiger partial charge in [0.15, 0.2) is 0 Å². The van der Waals surface area contributed by atoms with Crippen LogP contribution in [-0.4, -0.2) is 41.0 Å². The van der Waals surface area contributed by atoms with Crippen molar-refractivity contribution in [3.63, 3.8) is 0 Å². The van der Waals surface area contributed by atoms with Gasteiger partial charge < -0.3 is 15.5 Å². The van der Waals surface area contributed by atoms with Crippen LogP contribution in [0.15, 0.2) is 30.5 Å². The van der Waals surface area contributed by atoms with Crippen molar-refractivity contribution < 1.29 is 22.7 Å². The van der Waals surface area contributed by atoms with Crippen LogP contribution in [0.2, 0.25) is 0 Å². The van der Waals surface area contributed by atoms with Gasteiger partial charge in [0.1, 0.15) is 29.8 Å².